The van der Waals surface area contributed by atoms with Gasteiger partial charge in [0.1, 0.15) is 7.22 Å². The van der Waals surface area contributed by atoms with Crippen LogP contribution in [0, 0.1) is 6.08 Å². The molecule has 0 unspecified atom stereocenters. The monoisotopic (exact) mass is 421 g/mol. The normalized spacial score (nSPS) is 13.6. The van der Waals surface area contributed by atoms with Gasteiger partial charge in [-0.15, -0.1) is 6.42 Å². The van der Waals surface area contributed by atoms with Gasteiger partial charge in [-0.25, -0.2) is 11.3 Å². The topological polar surface area (TPSA) is 0 Å². The number of hydrogen-bond donors (Lipinski definition) is 0. The zero-order valence-corrected chi connectivity index (χ0v) is 19.7. The molecule has 0 atom stereocenters. The van der Waals surface area contributed by atoms with Crippen molar-refractivity contribution >= 4 is 31.7 Å². The van der Waals surface area contributed by atoms with Crippen LogP contribution in [0.5, 0.6) is 0 Å². The Kier molecular flexibility index (Phi) is 11.3. The van der Waals surface area contributed by atoms with E-state index in [-0.39, 0.29) is 46.5 Å². The van der Waals surface area contributed by atoms with E-state index >= 15 is 0 Å². The predicted octanol–water partition coefficient (Wildman–Crippen LogP) is -1.24. The molecule has 0 bridgehead atoms. The Labute approximate surface area is 169 Å². The van der Waals surface area contributed by atoms with Gasteiger partial charge in [0.15, 0.2) is 0 Å². The molecule has 1 aromatic carbocycles. The van der Waals surface area contributed by atoms with Gasteiger partial charge >= 0.3 is 21.7 Å². The van der Waals surface area contributed by atoms with Crippen LogP contribution in [0.15, 0.2) is 46.5 Å². The van der Waals surface area contributed by atoms with Crippen molar-refractivity contribution in [3.63, 3.8) is 0 Å². The largest absolute Gasteiger partial charge is 3.00 e. The summed E-state index contributed by atoms with van der Waals surface area (Å²) in [5.74, 6) is 0. The summed E-state index contributed by atoms with van der Waals surface area (Å²) < 4.78 is 0. The Morgan fingerprint density at radius 2 is 1.59 bits per heavy atom. The van der Waals surface area contributed by atoms with Gasteiger partial charge in [-0.3, -0.25) is 6.08 Å². The van der Waals surface area contributed by atoms with Crippen molar-refractivity contribution in [3.8, 4) is 0 Å². The molecule has 0 aromatic heterocycles. The Hall–Kier alpha value is 0.778. The van der Waals surface area contributed by atoms with Crippen molar-refractivity contribution < 1.29 is 46.5 Å². The van der Waals surface area contributed by atoms with E-state index in [4.69, 9.17) is 0 Å². The van der Waals surface area contributed by atoms with Gasteiger partial charge in [0.25, 0.3) is 0 Å². The summed E-state index contributed by atoms with van der Waals surface area (Å²) in [6.45, 7) is 12.2. The smallest absolute Gasteiger partial charge is 1.00 e. The fourth-order valence-corrected chi connectivity index (χ4v) is 9.68. The molecule has 1 aromatic rings. The molecule has 0 heterocycles. The third-order valence-corrected chi connectivity index (χ3v) is 10.7. The fraction of sp³-hybridized carbons (Fsp3) is 0.375. The molecule has 0 fully saturated rings. The van der Waals surface area contributed by atoms with Crippen molar-refractivity contribution in [1.29, 1.82) is 0 Å². The molecule has 0 amide bonds. The van der Waals surface area contributed by atoms with Crippen molar-refractivity contribution in [3.05, 3.63) is 47.7 Å². The van der Waals surface area contributed by atoms with Gasteiger partial charge in [-0.1, -0.05) is 50.9 Å². The molecule has 1 aliphatic carbocycles. The van der Waals surface area contributed by atoms with Gasteiger partial charge in [0.2, 0.25) is 0 Å². The zero-order chi connectivity index (χ0) is 14.1. The number of halogens is 2. The van der Waals surface area contributed by atoms with Crippen molar-refractivity contribution in [1.82, 2.24) is 0 Å². The molecule has 0 nitrogen and oxygen atoms in total. The first-order valence-electron chi connectivity index (χ1n) is 6.87. The third-order valence-electron chi connectivity index (χ3n) is 3.34. The molecule has 1 radical (unpaired) electrons. The van der Waals surface area contributed by atoms with E-state index in [1.54, 1.807) is 5.19 Å². The van der Waals surface area contributed by atoms with Crippen LogP contribution in [0.1, 0.15) is 6.42 Å². The predicted molar refractivity (Wildman–Crippen MR) is 93.3 cm³/mol. The first kappa shape index (κ1) is 25.0. The van der Waals surface area contributed by atoms with Crippen LogP contribution in [0.3, 0.4) is 0 Å². The molecule has 119 valence electrons. The van der Waals surface area contributed by atoms with Crippen LogP contribution < -0.4 is 30.0 Å². The summed E-state index contributed by atoms with van der Waals surface area (Å²) >= 11 is 2.12. The maximum atomic E-state index is 3.55. The molecule has 2 rings (SSSR count). The first-order chi connectivity index (χ1) is 8.81. The van der Waals surface area contributed by atoms with E-state index in [2.05, 4.69) is 86.4 Å². The van der Waals surface area contributed by atoms with E-state index in [1.807, 2.05) is 0 Å². The molecule has 1 aliphatic rings. The fourth-order valence-electron chi connectivity index (χ4n) is 2.38. The Morgan fingerprint density at radius 1 is 1.00 bits per heavy atom. The SMILES string of the molecule is C[Si](C)(C)Sc1ccccc1[Si](C)(C)C1=[C-]CC=C1.[Cl-].[Cl-].[Ti+3]. The van der Waals surface area contributed by atoms with Crippen molar-refractivity contribution in [2.24, 2.45) is 0 Å². The molecule has 0 spiro atoms. The van der Waals surface area contributed by atoms with E-state index in [9.17, 15) is 0 Å². The molecule has 0 saturated carbocycles. The molecule has 0 N–H and O–H groups in total. The van der Waals surface area contributed by atoms with Crippen molar-refractivity contribution in [2.45, 2.75) is 44.1 Å². The minimum atomic E-state index is -1.57. The number of hydrogen-bond acceptors (Lipinski definition) is 1. The molecular weight excluding hydrogens is 399 g/mol. The van der Waals surface area contributed by atoms with Crippen molar-refractivity contribution in [2.75, 3.05) is 0 Å². The van der Waals surface area contributed by atoms with Gasteiger partial charge in [0, 0.05) is 4.90 Å². The molecule has 6 heteroatoms. The molecule has 0 aliphatic heterocycles. The summed E-state index contributed by atoms with van der Waals surface area (Å²) in [4.78, 5) is 1.51. The van der Waals surface area contributed by atoms with Crippen LogP contribution in [0.4, 0.5) is 0 Å². The van der Waals surface area contributed by atoms with E-state index < -0.39 is 15.3 Å². The van der Waals surface area contributed by atoms with Crippen LogP contribution in [-0.2, 0) is 21.7 Å². The van der Waals surface area contributed by atoms with Gasteiger partial charge in [-0.05, 0) is 11.3 Å². The zero-order valence-electron chi connectivity index (χ0n) is 13.8. The van der Waals surface area contributed by atoms with Gasteiger partial charge in [0.05, 0.1) is 8.07 Å². The Balaban J connectivity index is 0. The van der Waals surface area contributed by atoms with Crippen LogP contribution in [-0.4, -0.2) is 15.3 Å². The number of benzene rings is 1. The van der Waals surface area contributed by atoms with E-state index in [0.717, 1.165) is 6.42 Å². The van der Waals surface area contributed by atoms with Gasteiger partial charge in [-0.2, -0.15) is 17.3 Å². The molecular formula is C16H23Cl2SSi2Ti. The molecule has 0 saturated heterocycles. The van der Waals surface area contributed by atoms with Crippen LogP contribution in [0.2, 0.25) is 32.7 Å². The second kappa shape index (κ2) is 9.93. The number of rotatable bonds is 4. The average Bonchev–Trinajstić information content (AvgIpc) is 2.81. The second-order valence-corrected chi connectivity index (χ2v) is 20.0. The maximum absolute atomic E-state index is 3.55. The average molecular weight is 422 g/mol. The van der Waals surface area contributed by atoms with Crippen LogP contribution >= 0.6 is 11.2 Å². The standard InChI is InChI=1S/C16H23SSi2.2ClH.Ti/c1-18(2,3)17-15-12-8-9-13-16(15)19(4,5)14-10-6-7-11-14;;;/h6,8-10,12-13H,7H2,1-5H3;2*1H;/q-1;;;+3/p-2. The Morgan fingerprint density at radius 3 is 2.09 bits per heavy atom. The quantitative estimate of drug-likeness (QED) is 0.433. The van der Waals surface area contributed by atoms with Gasteiger partial charge < -0.3 is 24.8 Å². The Bertz CT molecular complexity index is 537. The van der Waals surface area contributed by atoms with E-state index in [0.29, 0.717) is 0 Å². The second-order valence-electron chi connectivity index (χ2n) is 6.53. The summed E-state index contributed by atoms with van der Waals surface area (Å²) in [5.41, 5.74) is 0. The summed E-state index contributed by atoms with van der Waals surface area (Å²) in [5, 5.41) is 3.05. The van der Waals surface area contributed by atoms with E-state index in [1.165, 1.54) is 10.1 Å². The minimum absolute atomic E-state index is 0. The summed E-state index contributed by atoms with van der Waals surface area (Å²) in [6.07, 6.45) is 9.08. The number of allylic oxidation sites excluding steroid dienone is 4. The summed E-state index contributed by atoms with van der Waals surface area (Å²) in [7, 11) is -2.73. The first-order valence-corrected chi connectivity index (χ1v) is 14.9. The van der Waals surface area contributed by atoms with Crippen LogP contribution in [0.25, 0.3) is 0 Å². The third kappa shape index (κ3) is 6.35. The maximum Gasteiger partial charge on any atom is 3.00 e. The minimum Gasteiger partial charge on any atom is -1.00 e. The summed E-state index contributed by atoms with van der Waals surface area (Å²) in [6, 6.07) is 9.03. The molecule has 22 heavy (non-hydrogen) atoms.